The molecule has 0 radical (unpaired) electrons. The Morgan fingerprint density at radius 1 is 1.38 bits per heavy atom. The number of carbonyl (C=O) groups is 1. The normalized spacial score (nSPS) is 18.9. The SMILES string of the molecule is CC(C)N(CCO)C(C)(C)[C@@H]1CCC(=O)N1Cc1ccccc1Cl. The fraction of sp³-hybridized carbons (Fsp3) is 0.632. The van der Waals surface area contributed by atoms with Gasteiger partial charge in [0.2, 0.25) is 5.91 Å². The number of aliphatic hydroxyl groups is 1. The minimum Gasteiger partial charge on any atom is -0.395 e. The molecule has 1 saturated heterocycles. The number of likely N-dealkylation sites (tertiary alicyclic amines) is 1. The lowest BCUT2D eigenvalue weighted by Crippen LogP contribution is -2.59. The van der Waals surface area contributed by atoms with E-state index in [0.717, 1.165) is 12.0 Å². The number of β-amino-alcohol motifs (C(OH)–C–C–N with tert-alkyl or cyclic N) is 1. The highest BCUT2D eigenvalue weighted by molar-refractivity contribution is 6.31. The molecule has 1 amide bonds. The number of amides is 1. The van der Waals surface area contributed by atoms with Crippen LogP contribution in [0.2, 0.25) is 5.02 Å². The number of halogens is 1. The largest absolute Gasteiger partial charge is 0.395 e. The van der Waals surface area contributed by atoms with E-state index in [1.54, 1.807) is 0 Å². The van der Waals surface area contributed by atoms with Crippen molar-refractivity contribution < 1.29 is 9.90 Å². The molecule has 1 aliphatic rings. The highest BCUT2D eigenvalue weighted by Crippen LogP contribution is 2.35. The molecule has 0 spiro atoms. The van der Waals surface area contributed by atoms with Crippen molar-refractivity contribution >= 4 is 17.5 Å². The summed E-state index contributed by atoms with van der Waals surface area (Å²) >= 11 is 6.29. The fourth-order valence-corrected chi connectivity index (χ4v) is 4.18. The van der Waals surface area contributed by atoms with Gasteiger partial charge in [0, 0.05) is 36.1 Å². The third-order valence-electron chi connectivity index (χ3n) is 5.15. The van der Waals surface area contributed by atoms with Gasteiger partial charge in [0.05, 0.1) is 12.6 Å². The van der Waals surface area contributed by atoms with E-state index in [-0.39, 0.29) is 24.1 Å². The second-order valence-electron chi connectivity index (χ2n) is 7.33. The van der Waals surface area contributed by atoms with E-state index in [1.807, 2.05) is 29.2 Å². The number of aliphatic hydroxyl groups excluding tert-OH is 1. The van der Waals surface area contributed by atoms with E-state index in [9.17, 15) is 9.90 Å². The van der Waals surface area contributed by atoms with Gasteiger partial charge in [-0.05, 0) is 45.7 Å². The van der Waals surface area contributed by atoms with Gasteiger partial charge in [-0.25, -0.2) is 0 Å². The minimum absolute atomic E-state index is 0.107. The quantitative estimate of drug-likeness (QED) is 0.818. The van der Waals surface area contributed by atoms with Crippen molar-refractivity contribution in [3.63, 3.8) is 0 Å². The van der Waals surface area contributed by atoms with Crippen molar-refractivity contribution in [2.24, 2.45) is 0 Å². The van der Waals surface area contributed by atoms with Crippen molar-refractivity contribution in [2.45, 2.75) is 64.7 Å². The number of hydrogen-bond donors (Lipinski definition) is 1. The highest BCUT2D eigenvalue weighted by Gasteiger charge is 2.44. The zero-order valence-electron chi connectivity index (χ0n) is 15.1. The van der Waals surface area contributed by atoms with Gasteiger partial charge in [0.25, 0.3) is 0 Å². The Labute approximate surface area is 150 Å². The Morgan fingerprint density at radius 3 is 2.62 bits per heavy atom. The van der Waals surface area contributed by atoms with Crippen molar-refractivity contribution in [1.29, 1.82) is 0 Å². The van der Waals surface area contributed by atoms with Gasteiger partial charge in [0.15, 0.2) is 0 Å². The molecule has 1 fully saturated rings. The zero-order chi connectivity index (χ0) is 17.9. The number of benzene rings is 1. The lowest BCUT2D eigenvalue weighted by atomic mass is 9.88. The van der Waals surface area contributed by atoms with Crippen molar-refractivity contribution in [3.05, 3.63) is 34.9 Å². The minimum atomic E-state index is -0.218. The van der Waals surface area contributed by atoms with Crippen LogP contribution in [0, 0.1) is 0 Å². The molecule has 134 valence electrons. The smallest absolute Gasteiger partial charge is 0.223 e. The predicted octanol–water partition coefficient (Wildman–Crippen LogP) is 3.31. The Hall–Kier alpha value is -1.10. The Kier molecular flexibility index (Phi) is 6.29. The molecule has 0 saturated carbocycles. The van der Waals surface area contributed by atoms with Crippen LogP contribution in [-0.2, 0) is 11.3 Å². The first-order valence-corrected chi connectivity index (χ1v) is 9.07. The molecular formula is C19H29ClN2O2. The summed E-state index contributed by atoms with van der Waals surface area (Å²) in [6, 6.07) is 8.10. The van der Waals surface area contributed by atoms with Crippen LogP contribution in [0.15, 0.2) is 24.3 Å². The van der Waals surface area contributed by atoms with E-state index in [1.165, 1.54) is 0 Å². The molecular weight excluding hydrogens is 324 g/mol. The van der Waals surface area contributed by atoms with Gasteiger partial charge in [-0.3, -0.25) is 9.69 Å². The molecule has 1 aromatic carbocycles. The first-order valence-electron chi connectivity index (χ1n) is 8.69. The summed E-state index contributed by atoms with van der Waals surface area (Å²) in [5, 5.41) is 10.1. The third-order valence-corrected chi connectivity index (χ3v) is 5.52. The van der Waals surface area contributed by atoms with Crippen LogP contribution in [0.1, 0.15) is 46.1 Å². The molecule has 1 aliphatic heterocycles. The summed E-state index contributed by atoms with van der Waals surface area (Å²) in [7, 11) is 0. The van der Waals surface area contributed by atoms with E-state index >= 15 is 0 Å². The van der Waals surface area contributed by atoms with Gasteiger partial charge >= 0.3 is 0 Å². The Balaban J connectivity index is 2.27. The van der Waals surface area contributed by atoms with Crippen molar-refractivity contribution in [3.8, 4) is 0 Å². The number of carbonyl (C=O) groups excluding carboxylic acids is 1. The Bertz CT molecular complexity index is 574. The maximum Gasteiger partial charge on any atom is 0.223 e. The van der Waals surface area contributed by atoms with Gasteiger partial charge in [-0.1, -0.05) is 29.8 Å². The summed E-state index contributed by atoms with van der Waals surface area (Å²) in [6.45, 7) is 9.87. The van der Waals surface area contributed by atoms with Crippen LogP contribution in [0.5, 0.6) is 0 Å². The average molecular weight is 353 g/mol. The van der Waals surface area contributed by atoms with Crippen LogP contribution < -0.4 is 0 Å². The zero-order valence-corrected chi connectivity index (χ0v) is 15.9. The second kappa shape index (κ2) is 7.85. The van der Waals surface area contributed by atoms with E-state index in [2.05, 4.69) is 32.6 Å². The van der Waals surface area contributed by atoms with E-state index < -0.39 is 0 Å². The number of hydrogen-bond acceptors (Lipinski definition) is 3. The lowest BCUT2D eigenvalue weighted by molar-refractivity contribution is -0.132. The predicted molar refractivity (Wildman–Crippen MR) is 98.0 cm³/mol. The Morgan fingerprint density at radius 2 is 2.04 bits per heavy atom. The second-order valence-corrected chi connectivity index (χ2v) is 7.74. The molecule has 5 heteroatoms. The molecule has 1 heterocycles. The van der Waals surface area contributed by atoms with Gasteiger partial charge < -0.3 is 10.0 Å². The molecule has 0 aromatic heterocycles. The van der Waals surface area contributed by atoms with Gasteiger partial charge in [-0.15, -0.1) is 0 Å². The molecule has 1 aromatic rings. The molecule has 0 bridgehead atoms. The molecule has 1 atom stereocenters. The van der Waals surface area contributed by atoms with Crippen LogP contribution in [0.4, 0.5) is 0 Å². The highest BCUT2D eigenvalue weighted by atomic mass is 35.5. The summed E-state index contributed by atoms with van der Waals surface area (Å²) in [5.41, 5.74) is 0.762. The first kappa shape index (κ1) is 19.2. The van der Waals surface area contributed by atoms with Crippen LogP contribution in [0.3, 0.4) is 0 Å². The molecule has 4 nitrogen and oxygen atoms in total. The van der Waals surface area contributed by atoms with Crippen molar-refractivity contribution in [2.75, 3.05) is 13.2 Å². The molecule has 24 heavy (non-hydrogen) atoms. The fourth-order valence-electron chi connectivity index (χ4n) is 3.99. The number of rotatable bonds is 7. The third kappa shape index (κ3) is 3.93. The maximum absolute atomic E-state index is 12.5. The van der Waals surface area contributed by atoms with Crippen LogP contribution in [-0.4, -0.2) is 51.6 Å². The maximum atomic E-state index is 12.5. The monoisotopic (exact) mass is 352 g/mol. The average Bonchev–Trinajstić information content (AvgIpc) is 2.88. The van der Waals surface area contributed by atoms with E-state index in [0.29, 0.717) is 30.6 Å². The van der Waals surface area contributed by atoms with Gasteiger partial charge in [0.1, 0.15) is 0 Å². The van der Waals surface area contributed by atoms with Crippen molar-refractivity contribution in [1.82, 2.24) is 9.80 Å². The first-order chi connectivity index (χ1) is 11.3. The summed E-state index contributed by atoms with van der Waals surface area (Å²) in [4.78, 5) is 16.8. The summed E-state index contributed by atoms with van der Waals surface area (Å²) in [5.74, 6) is 0.181. The molecule has 1 N–H and O–H groups in total. The van der Waals surface area contributed by atoms with Crippen LogP contribution in [0.25, 0.3) is 0 Å². The summed E-state index contributed by atoms with van der Waals surface area (Å²) < 4.78 is 0. The number of nitrogens with zero attached hydrogens (tertiary/aromatic N) is 2. The topological polar surface area (TPSA) is 43.8 Å². The van der Waals surface area contributed by atoms with Crippen LogP contribution >= 0.6 is 11.6 Å². The summed E-state index contributed by atoms with van der Waals surface area (Å²) in [6.07, 6.45) is 1.41. The lowest BCUT2D eigenvalue weighted by Gasteiger charge is -2.48. The molecule has 2 rings (SSSR count). The van der Waals surface area contributed by atoms with Gasteiger partial charge in [-0.2, -0.15) is 0 Å². The molecule has 0 aliphatic carbocycles. The van der Waals surface area contributed by atoms with E-state index in [4.69, 9.17) is 11.6 Å². The molecule has 0 unspecified atom stereocenters. The standard InChI is InChI=1S/C19H29ClN2O2/c1-14(2)22(11-12-23)19(3,4)17-9-10-18(24)21(17)13-15-7-5-6-8-16(15)20/h5-8,14,17,23H,9-13H2,1-4H3/t17-/m0/s1.